The summed E-state index contributed by atoms with van der Waals surface area (Å²) in [6, 6.07) is 6.88. The summed E-state index contributed by atoms with van der Waals surface area (Å²) < 4.78 is 14.3. The van der Waals surface area contributed by atoms with Crippen molar-refractivity contribution in [3.8, 4) is 0 Å². The molecule has 1 fully saturated rings. The van der Waals surface area contributed by atoms with E-state index in [4.69, 9.17) is 9.15 Å². The second-order valence-electron chi connectivity index (χ2n) is 6.31. The minimum absolute atomic E-state index is 0.171. The molecule has 2 aromatic heterocycles. The number of aryl methyl sites for hydroxylation is 2. The lowest BCUT2D eigenvalue weighted by Gasteiger charge is -2.20. The molecule has 8 heteroatoms. The van der Waals surface area contributed by atoms with E-state index in [-0.39, 0.29) is 18.1 Å². The van der Waals surface area contributed by atoms with Crippen LogP contribution in [0.5, 0.6) is 0 Å². The van der Waals surface area contributed by atoms with Crippen LogP contribution in [0.25, 0.3) is 11.1 Å². The van der Waals surface area contributed by atoms with Gasteiger partial charge < -0.3 is 14.5 Å². The second kappa shape index (κ2) is 6.45. The Labute approximate surface area is 149 Å². The van der Waals surface area contributed by atoms with Crippen molar-refractivity contribution in [2.45, 2.75) is 32.0 Å². The monoisotopic (exact) mass is 356 g/mol. The highest BCUT2D eigenvalue weighted by molar-refractivity contribution is 6.04. The number of hydrogen-bond donors (Lipinski definition) is 1. The number of amides is 1. The maximum absolute atomic E-state index is 12.8. The Hall–Kier alpha value is -2.87. The summed E-state index contributed by atoms with van der Waals surface area (Å²) in [5, 5.41) is 7.31. The number of carbonyl (C=O) groups is 1. The first-order valence-corrected chi connectivity index (χ1v) is 8.63. The van der Waals surface area contributed by atoms with Gasteiger partial charge in [0, 0.05) is 26.4 Å². The van der Waals surface area contributed by atoms with Crippen LogP contribution in [0.2, 0.25) is 0 Å². The second-order valence-corrected chi connectivity index (χ2v) is 6.31. The van der Waals surface area contributed by atoms with Gasteiger partial charge in [0.15, 0.2) is 5.58 Å². The zero-order valence-electron chi connectivity index (χ0n) is 14.6. The first-order chi connectivity index (χ1) is 12.6. The summed E-state index contributed by atoms with van der Waals surface area (Å²) in [5.74, 6) is -0.776. The van der Waals surface area contributed by atoms with Gasteiger partial charge in [-0.05, 0) is 31.5 Å². The molecule has 0 bridgehead atoms. The number of para-hydroxylation sites is 1. The number of nitrogens with one attached hydrogen (secondary N) is 1. The van der Waals surface area contributed by atoms with Crippen molar-refractivity contribution in [3.05, 3.63) is 52.3 Å². The fraction of sp³-hybridized carbons (Fsp3) is 0.389. The average molecular weight is 356 g/mol. The van der Waals surface area contributed by atoms with Crippen LogP contribution >= 0.6 is 0 Å². The average Bonchev–Trinajstić information content (AvgIpc) is 3.34. The predicted molar refractivity (Wildman–Crippen MR) is 93.9 cm³/mol. The van der Waals surface area contributed by atoms with Gasteiger partial charge >= 0.3 is 5.76 Å². The first-order valence-electron chi connectivity index (χ1n) is 8.63. The Kier molecular flexibility index (Phi) is 4.12. The molecule has 0 unspecified atom stereocenters. The maximum atomic E-state index is 12.8. The number of carbonyl (C=O) groups excluding carboxylic acids is 1. The Morgan fingerprint density at radius 3 is 3.04 bits per heavy atom. The molecule has 2 atom stereocenters. The van der Waals surface area contributed by atoms with Crippen molar-refractivity contribution >= 4 is 17.0 Å². The van der Waals surface area contributed by atoms with Crippen molar-refractivity contribution in [2.75, 3.05) is 6.61 Å². The molecule has 3 heterocycles. The van der Waals surface area contributed by atoms with Crippen molar-refractivity contribution in [2.24, 2.45) is 7.05 Å². The van der Waals surface area contributed by atoms with Gasteiger partial charge in [0.1, 0.15) is 6.10 Å². The highest BCUT2D eigenvalue weighted by atomic mass is 16.5. The van der Waals surface area contributed by atoms with Crippen LogP contribution in [0.3, 0.4) is 0 Å². The maximum Gasteiger partial charge on any atom is 0.419 e. The quantitative estimate of drug-likeness (QED) is 0.767. The summed E-state index contributed by atoms with van der Waals surface area (Å²) in [6.07, 6.45) is 2.20. The van der Waals surface area contributed by atoms with Gasteiger partial charge in [-0.15, -0.1) is 0 Å². The Morgan fingerprint density at radius 1 is 1.38 bits per heavy atom. The molecule has 0 radical (unpaired) electrons. The zero-order valence-corrected chi connectivity index (χ0v) is 14.6. The third-order valence-corrected chi connectivity index (χ3v) is 4.81. The van der Waals surface area contributed by atoms with Crippen molar-refractivity contribution in [3.63, 3.8) is 0 Å². The molecule has 1 N–H and O–H groups in total. The number of aromatic nitrogens is 3. The third kappa shape index (κ3) is 2.62. The third-order valence-electron chi connectivity index (χ3n) is 4.81. The smallest absolute Gasteiger partial charge is 0.407 e. The Balaban J connectivity index is 1.62. The van der Waals surface area contributed by atoms with E-state index in [0.717, 1.165) is 12.2 Å². The van der Waals surface area contributed by atoms with Crippen LogP contribution in [0.1, 0.15) is 35.5 Å². The van der Waals surface area contributed by atoms with Gasteiger partial charge in [-0.3, -0.25) is 14.0 Å². The number of oxazole rings is 1. The normalized spacial score (nSPS) is 19.9. The topological polar surface area (TPSA) is 91.3 Å². The molecule has 1 aromatic carbocycles. The number of hydrogen-bond acceptors (Lipinski definition) is 5. The van der Waals surface area contributed by atoms with Crippen LogP contribution in [-0.4, -0.2) is 32.9 Å². The summed E-state index contributed by atoms with van der Waals surface area (Å²) in [6.45, 7) is 3.31. The fourth-order valence-electron chi connectivity index (χ4n) is 3.45. The van der Waals surface area contributed by atoms with Crippen molar-refractivity contribution in [1.82, 2.24) is 19.7 Å². The number of rotatable bonds is 4. The molecule has 0 spiro atoms. The van der Waals surface area contributed by atoms with Crippen LogP contribution < -0.4 is 11.1 Å². The van der Waals surface area contributed by atoms with Crippen LogP contribution in [0.4, 0.5) is 0 Å². The molecule has 136 valence electrons. The van der Waals surface area contributed by atoms with Gasteiger partial charge in [-0.1, -0.05) is 6.07 Å². The number of benzene rings is 1. The van der Waals surface area contributed by atoms with Crippen LogP contribution in [0, 0.1) is 0 Å². The largest absolute Gasteiger partial charge is 0.419 e. The highest BCUT2D eigenvalue weighted by Crippen LogP contribution is 2.29. The Bertz CT molecular complexity index is 1020. The Morgan fingerprint density at radius 2 is 2.23 bits per heavy atom. The molecule has 0 saturated carbocycles. The molecule has 26 heavy (non-hydrogen) atoms. The van der Waals surface area contributed by atoms with E-state index in [1.165, 1.54) is 4.57 Å². The molecular weight excluding hydrogens is 336 g/mol. The molecular formula is C18H20N4O4. The van der Waals surface area contributed by atoms with Crippen LogP contribution in [-0.2, 0) is 18.3 Å². The standard InChI is InChI=1S/C18H20N4O4/c1-3-22-14(7-9-19-22)16-12(8-10-25-16)20-17(23)11-5-4-6-13-15(11)26-18(24)21(13)2/h4-7,9,12,16H,3,8,10H2,1-2H3,(H,20,23)/t12-,16-/m0/s1. The van der Waals surface area contributed by atoms with Crippen molar-refractivity contribution < 1.29 is 13.9 Å². The first kappa shape index (κ1) is 16.6. The minimum atomic E-state index is -0.492. The molecule has 1 aliphatic heterocycles. The molecule has 1 amide bonds. The molecule has 1 saturated heterocycles. The lowest BCUT2D eigenvalue weighted by atomic mass is 10.1. The molecule has 0 aliphatic carbocycles. The molecule has 8 nitrogen and oxygen atoms in total. The number of nitrogens with zero attached hydrogens (tertiary/aromatic N) is 3. The summed E-state index contributed by atoms with van der Waals surface area (Å²) in [5.41, 5.74) is 2.17. The van der Waals surface area contributed by atoms with Gasteiger partial charge in [-0.25, -0.2) is 4.79 Å². The zero-order chi connectivity index (χ0) is 18.3. The van der Waals surface area contributed by atoms with Crippen LogP contribution in [0.15, 0.2) is 39.7 Å². The van der Waals surface area contributed by atoms with Crippen molar-refractivity contribution in [1.29, 1.82) is 0 Å². The van der Waals surface area contributed by atoms with Gasteiger partial charge in [0.2, 0.25) is 0 Å². The number of fused-ring (bicyclic) bond motifs is 1. The van der Waals surface area contributed by atoms with E-state index in [1.54, 1.807) is 31.4 Å². The summed E-state index contributed by atoms with van der Waals surface area (Å²) in [7, 11) is 1.61. The lowest BCUT2D eigenvalue weighted by molar-refractivity contribution is 0.0789. The SMILES string of the molecule is CCn1nccc1[C@H]1OCC[C@@H]1NC(=O)c1cccc2c1oc(=O)n2C. The fourth-order valence-corrected chi connectivity index (χ4v) is 3.45. The summed E-state index contributed by atoms with van der Waals surface area (Å²) in [4.78, 5) is 24.6. The van der Waals surface area contributed by atoms with E-state index in [0.29, 0.717) is 29.7 Å². The van der Waals surface area contributed by atoms with Gasteiger partial charge in [0.05, 0.1) is 22.8 Å². The molecule has 4 rings (SSSR count). The van der Waals surface area contributed by atoms with E-state index in [1.807, 2.05) is 17.7 Å². The number of ether oxygens (including phenoxy) is 1. The van der Waals surface area contributed by atoms with Gasteiger partial charge in [0.25, 0.3) is 5.91 Å². The van der Waals surface area contributed by atoms with E-state index >= 15 is 0 Å². The predicted octanol–water partition coefficient (Wildman–Crippen LogP) is 1.61. The molecule has 1 aliphatic rings. The minimum Gasteiger partial charge on any atom is -0.407 e. The molecule has 3 aromatic rings. The van der Waals surface area contributed by atoms with Gasteiger partial charge in [-0.2, -0.15) is 5.10 Å². The lowest BCUT2D eigenvalue weighted by Crippen LogP contribution is -2.37. The highest BCUT2D eigenvalue weighted by Gasteiger charge is 2.33. The van der Waals surface area contributed by atoms with E-state index in [9.17, 15) is 9.59 Å². The summed E-state index contributed by atoms with van der Waals surface area (Å²) >= 11 is 0. The van der Waals surface area contributed by atoms with E-state index < -0.39 is 5.76 Å². The van der Waals surface area contributed by atoms with E-state index in [2.05, 4.69) is 10.4 Å².